The number of piperidine rings is 1. The van der Waals surface area contributed by atoms with Crippen LogP contribution in [0.4, 0.5) is 0 Å². The number of benzene rings is 1. The van der Waals surface area contributed by atoms with Crippen molar-refractivity contribution in [2.75, 3.05) is 19.6 Å². The molecule has 3 nitrogen and oxygen atoms in total. The standard InChI is InChI=1S/C18H25N3.HI/c1-12-5-4-8-21(11-12)18(19)20-10-16-15-9-13-6-2-3-7-14(13)17(15)16;/h2-3,6-7,12,15-17H,4-5,8-11H2,1H3,(H2,19,20);1H. The predicted molar refractivity (Wildman–Crippen MR) is 102 cm³/mol. The second kappa shape index (κ2) is 6.38. The van der Waals surface area contributed by atoms with Crippen LogP contribution in [0.15, 0.2) is 29.3 Å². The lowest BCUT2D eigenvalue weighted by Crippen LogP contribution is -2.43. The fourth-order valence-corrected chi connectivity index (χ4v) is 4.43. The number of hydrogen-bond donors (Lipinski definition) is 1. The Hall–Kier alpha value is -0.780. The highest BCUT2D eigenvalue weighted by Gasteiger charge is 2.54. The van der Waals surface area contributed by atoms with Crippen molar-refractivity contribution in [3.63, 3.8) is 0 Å². The third-order valence-corrected chi connectivity index (χ3v) is 5.65. The van der Waals surface area contributed by atoms with Gasteiger partial charge in [-0.15, -0.1) is 24.0 Å². The van der Waals surface area contributed by atoms with E-state index in [0.29, 0.717) is 0 Å². The van der Waals surface area contributed by atoms with Gasteiger partial charge < -0.3 is 10.6 Å². The van der Waals surface area contributed by atoms with Crippen LogP contribution in [0.5, 0.6) is 0 Å². The minimum atomic E-state index is 0. The topological polar surface area (TPSA) is 41.6 Å². The number of nitrogens with zero attached hydrogens (tertiary/aromatic N) is 2. The molecule has 0 aromatic heterocycles. The summed E-state index contributed by atoms with van der Waals surface area (Å²) >= 11 is 0. The van der Waals surface area contributed by atoms with Gasteiger partial charge in [0.05, 0.1) is 0 Å². The maximum atomic E-state index is 6.21. The summed E-state index contributed by atoms with van der Waals surface area (Å²) in [7, 11) is 0. The van der Waals surface area contributed by atoms with Crippen LogP contribution in [0.1, 0.15) is 36.8 Å². The SMILES string of the molecule is CC1CCCN(C(N)=NCC2C3Cc4ccccc4C23)C1.I. The van der Waals surface area contributed by atoms with Gasteiger partial charge >= 0.3 is 0 Å². The Morgan fingerprint density at radius 3 is 3.00 bits per heavy atom. The van der Waals surface area contributed by atoms with Crippen molar-refractivity contribution < 1.29 is 0 Å². The van der Waals surface area contributed by atoms with Crippen molar-refractivity contribution in [2.24, 2.45) is 28.5 Å². The van der Waals surface area contributed by atoms with Gasteiger partial charge in [-0.1, -0.05) is 31.2 Å². The van der Waals surface area contributed by atoms with Gasteiger partial charge in [0.2, 0.25) is 0 Å². The Kier molecular flexibility index (Phi) is 4.67. The van der Waals surface area contributed by atoms with E-state index in [1.165, 1.54) is 19.3 Å². The fourth-order valence-electron chi connectivity index (χ4n) is 4.43. The van der Waals surface area contributed by atoms with Crippen LogP contribution in [-0.4, -0.2) is 30.5 Å². The zero-order chi connectivity index (χ0) is 14.4. The Bertz CT molecular complexity index is 571. The molecule has 0 spiro atoms. The van der Waals surface area contributed by atoms with Crippen LogP contribution in [0.2, 0.25) is 0 Å². The smallest absolute Gasteiger partial charge is 0.191 e. The molecule has 4 rings (SSSR count). The number of halogens is 1. The molecule has 1 aliphatic heterocycles. The van der Waals surface area contributed by atoms with Gasteiger partial charge in [0.1, 0.15) is 0 Å². The van der Waals surface area contributed by atoms with E-state index in [1.807, 2.05) is 0 Å². The van der Waals surface area contributed by atoms with Gasteiger partial charge in [0.25, 0.3) is 0 Å². The summed E-state index contributed by atoms with van der Waals surface area (Å²) in [5, 5.41) is 0. The van der Waals surface area contributed by atoms with E-state index < -0.39 is 0 Å². The molecule has 0 bridgehead atoms. The molecule has 1 aromatic carbocycles. The molecule has 4 unspecified atom stereocenters. The minimum absolute atomic E-state index is 0. The lowest BCUT2D eigenvalue weighted by Gasteiger charge is -2.31. The molecule has 2 N–H and O–H groups in total. The zero-order valence-corrected chi connectivity index (χ0v) is 15.6. The monoisotopic (exact) mass is 411 g/mol. The highest BCUT2D eigenvalue weighted by atomic mass is 127. The van der Waals surface area contributed by atoms with Crippen LogP contribution < -0.4 is 5.73 Å². The number of fused-ring (bicyclic) bond motifs is 3. The number of guanidine groups is 1. The summed E-state index contributed by atoms with van der Waals surface area (Å²) in [5.74, 6) is 3.86. The van der Waals surface area contributed by atoms with E-state index in [9.17, 15) is 0 Å². The van der Waals surface area contributed by atoms with E-state index >= 15 is 0 Å². The second-order valence-corrected chi connectivity index (χ2v) is 7.15. The molecule has 4 atom stereocenters. The lowest BCUT2D eigenvalue weighted by molar-refractivity contribution is 0.270. The van der Waals surface area contributed by atoms with E-state index in [1.54, 1.807) is 11.1 Å². The normalized spacial score (nSPS) is 33.0. The summed E-state index contributed by atoms with van der Waals surface area (Å²) in [5.41, 5.74) is 9.35. The first kappa shape index (κ1) is 16.1. The van der Waals surface area contributed by atoms with E-state index in [-0.39, 0.29) is 24.0 Å². The lowest BCUT2D eigenvalue weighted by atomic mass is 10.0. The number of likely N-dealkylation sites (tertiary alicyclic amines) is 1. The van der Waals surface area contributed by atoms with Crippen molar-refractivity contribution in [1.29, 1.82) is 0 Å². The molecule has 1 aromatic rings. The predicted octanol–water partition coefficient (Wildman–Crippen LogP) is 3.24. The molecular weight excluding hydrogens is 385 g/mol. The zero-order valence-electron chi connectivity index (χ0n) is 13.2. The van der Waals surface area contributed by atoms with E-state index in [0.717, 1.165) is 49.3 Å². The molecule has 0 radical (unpaired) electrons. The number of hydrogen-bond acceptors (Lipinski definition) is 1. The van der Waals surface area contributed by atoms with Crippen molar-refractivity contribution >= 4 is 29.9 Å². The Morgan fingerprint density at radius 1 is 1.36 bits per heavy atom. The molecule has 3 aliphatic rings. The van der Waals surface area contributed by atoms with Gasteiger partial charge in [-0.25, -0.2) is 0 Å². The number of nitrogens with two attached hydrogens (primary N) is 1. The van der Waals surface area contributed by atoms with E-state index in [4.69, 9.17) is 10.7 Å². The molecule has 4 heteroatoms. The first-order valence-electron chi connectivity index (χ1n) is 8.36. The quantitative estimate of drug-likeness (QED) is 0.461. The summed E-state index contributed by atoms with van der Waals surface area (Å²) in [6.45, 7) is 5.39. The maximum absolute atomic E-state index is 6.21. The summed E-state index contributed by atoms with van der Waals surface area (Å²) in [6, 6.07) is 8.92. The third kappa shape index (κ3) is 2.86. The molecular formula is C18H26IN3. The second-order valence-electron chi connectivity index (χ2n) is 7.15. The van der Waals surface area contributed by atoms with Crippen molar-refractivity contribution in [3.8, 4) is 0 Å². The van der Waals surface area contributed by atoms with Gasteiger partial charge in [0.15, 0.2) is 5.96 Å². The van der Waals surface area contributed by atoms with Crippen molar-refractivity contribution in [3.05, 3.63) is 35.4 Å². The maximum Gasteiger partial charge on any atom is 0.191 e. The molecule has 1 saturated heterocycles. The Morgan fingerprint density at radius 2 is 2.18 bits per heavy atom. The highest BCUT2D eigenvalue weighted by molar-refractivity contribution is 14.0. The van der Waals surface area contributed by atoms with Gasteiger partial charge in [-0.2, -0.15) is 0 Å². The van der Waals surface area contributed by atoms with Gasteiger partial charge in [0, 0.05) is 19.6 Å². The van der Waals surface area contributed by atoms with Crippen LogP contribution >= 0.6 is 24.0 Å². The average Bonchev–Trinajstić information content (AvgIpc) is 3.03. The van der Waals surface area contributed by atoms with Crippen LogP contribution in [0.3, 0.4) is 0 Å². The molecule has 0 amide bonds. The van der Waals surface area contributed by atoms with Crippen molar-refractivity contribution in [2.45, 2.75) is 32.1 Å². The first-order chi connectivity index (χ1) is 10.2. The van der Waals surface area contributed by atoms with Crippen LogP contribution in [0.25, 0.3) is 0 Å². The molecule has 2 aliphatic carbocycles. The first-order valence-corrected chi connectivity index (χ1v) is 8.36. The summed E-state index contributed by atoms with van der Waals surface area (Å²) in [6.07, 6.45) is 3.83. The Labute approximate surface area is 150 Å². The minimum Gasteiger partial charge on any atom is -0.370 e. The summed E-state index contributed by atoms with van der Waals surface area (Å²) in [4.78, 5) is 7.00. The molecule has 1 saturated carbocycles. The Balaban J connectivity index is 0.00000144. The fraction of sp³-hybridized carbons (Fsp3) is 0.611. The molecule has 120 valence electrons. The molecule has 2 fully saturated rings. The highest BCUT2D eigenvalue weighted by Crippen LogP contribution is 2.61. The van der Waals surface area contributed by atoms with E-state index in [2.05, 4.69) is 36.1 Å². The molecule has 1 heterocycles. The van der Waals surface area contributed by atoms with Crippen molar-refractivity contribution in [1.82, 2.24) is 4.90 Å². The molecule has 22 heavy (non-hydrogen) atoms. The number of rotatable bonds is 2. The largest absolute Gasteiger partial charge is 0.370 e. The van der Waals surface area contributed by atoms with Crippen LogP contribution in [-0.2, 0) is 6.42 Å². The van der Waals surface area contributed by atoms with Crippen LogP contribution in [0, 0.1) is 17.8 Å². The number of aliphatic imine (C=N–C) groups is 1. The average molecular weight is 411 g/mol. The van der Waals surface area contributed by atoms with Gasteiger partial charge in [-0.3, -0.25) is 4.99 Å². The van der Waals surface area contributed by atoms with Gasteiger partial charge in [-0.05, 0) is 54.1 Å². The third-order valence-electron chi connectivity index (χ3n) is 5.65. The summed E-state index contributed by atoms with van der Waals surface area (Å²) < 4.78 is 0.